The van der Waals surface area contributed by atoms with Gasteiger partial charge in [0.05, 0.1) is 11.3 Å². The van der Waals surface area contributed by atoms with Crippen molar-refractivity contribution in [3.8, 4) is 0 Å². The van der Waals surface area contributed by atoms with Gasteiger partial charge in [-0.3, -0.25) is 14.4 Å². The molecular formula is C14H13NO3S. The number of benzene rings is 1. The van der Waals surface area contributed by atoms with Crippen LogP contribution in [-0.2, 0) is 9.59 Å². The van der Waals surface area contributed by atoms with Gasteiger partial charge in [-0.15, -0.1) is 0 Å². The number of thioether (sulfide) groups is 1. The zero-order chi connectivity index (χ0) is 13.8. The molecule has 0 atom stereocenters. The number of hydrogen-bond donors (Lipinski definition) is 1. The minimum Gasteiger partial charge on any atom is -0.318 e. The highest BCUT2D eigenvalue weighted by atomic mass is 32.2. The molecule has 0 saturated heterocycles. The Labute approximate surface area is 115 Å². The van der Waals surface area contributed by atoms with Crippen molar-refractivity contribution in [2.45, 2.75) is 13.3 Å². The van der Waals surface area contributed by atoms with Crippen LogP contribution in [-0.4, -0.2) is 22.6 Å². The van der Waals surface area contributed by atoms with Crippen molar-refractivity contribution >= 4 is 40.3 Å². The van der Waals surface area contributed by atoms with Crippen LogP contribution in [0.3, 0.4) is 0 Å². The van der Waals surface area contributed by atoms with Gasteiger partial charge in [-0.25, -0.2) is 0 Å². The lowest BCUT2D eigenvalue weighted by molar-refractivity contribution is -0.112. The van der Waals surface area contributed by atoms with E-state index in [0.717, 1.165) is 17.7 Å². The maximum atomic E-state index is 11.4. The summed E-state index contributed by atoms with van der Waals surface area (Å²) in [4.78, 5) is 33.3. The quantitative estimate of drug-likeness (QED) is 0.677. The second-order valence-electron chi connectivity index (χ2n) is 4.12. The molecule has 0 spiro atoms. The third-order valence-corrected chi connectivity index (χ3v) is 3.49. The van der Waals surface area contributed by atoms with Gasteiger partial charge in [0.1, 0.15) is 0 Å². The summed E-state index contributed by atoms with van der Waals surface area (Å²) in [6.07, 6.45) is 4.68. The van der Waals surface area contributed by atoms with Crippen LogP contribution in [0.4, 0.5) is 5.69 Å². The van der Waals surface area contributed by atoms with Crippen LogP contribution in [0.2, 0.25) is 0 Å². The number of nitrogens with one attached hydrogen (secondary N) is 1. The molecular weight excluding hydrogens is 262 g/mol. The van der Waals surface area contributed by atoms with Gasteiger partial charge in [-0.1, -0.05) is 30.0 Å². The lowest BCUT2D eigenvalue weighted by atomic mass is 10.1. The van der Waals surface area contributed by atoms with Gasteiger partial charge in [0.25, 0.3) is 11.7 Å². The number of carbonyl (C=O) groups is 3. The number of Topliss-reactive ketones (excluding diaryl/α,β-unsaturated/α-hetero) is 1. The van der Waals surface area contributed by atoms with E-state index in [4.69, 9.17) is 0 Å². The fourth-order valence-electron chi connectivity index (χ4n) is 1.76. The smallest absolute Gasteiger partial charge is 0.296 e. The van der Waals surface area contributed by atoms with Crippen LogP contribution in [0.15, 0.2) is 24.3 Å². The molecule has 0 saturated carbocycles. The summed E-state index contributed by atoms with van der Waals surface area (Å²) in [5, 5.41) is 2.65. The number of anilines is 1. The van der Waals surface area contributed by atoms with Gasteiger partial charge >= 0.3 is 0 Å². The highest BCUT2D eigenvalue weighted by molar-refractivity contribution is 8.13. The molecule has 2 rings (SSSR count). The van der Waals surface area contributed by atoms with Gasteiger partial charge in [0, 0.05) is 12.7 Å². The van der Waals surface area contributed by atoms with Crippen LogP contribution in [0, 0.1) is 0 Å². The Balaban J connectivity index is 1.98. The highest BCUT2D eigenvalue weighted by Crippen LogP contribution is 2.24. The molecule has 98 valence electrons. The molecule has 1 aliphatic heterocycles. The average molecular weight is 275 g/mol. The number of amides is 1. The molecule has 1 aromatic carbocycles. The Bertz CT molecular complexity index is 578. The van der Waals surface area contributed by atoms with E-state index in [1.54, 1.807) is 25.1 Å². The van der Waals surface area contributed by atoms with E-state index in [1.807, 2.05) is 12.2 Å². The van der Waals surface area contributed by atoms with Crippen LogP contribution in [0.5, 0.6) is 0 Å². The predicted molar refractivity (Wildman–Crippen MR) is 76.2 cm³/mol. The summed E-state index contributed by atoms with van der Waals surface area (Å²) in [7, 11) is 0. The van der Waals surface area contributed by atoms with E-state index in [-0.39, 0.29) is 5.12 Å². The van der Waals surface area contributed by atoms with Crippen molar-refractivity contribution < 1.29 is 14.4 Å². The first-order valence-corrected chi connectivity index (χ1v) is 6.86. The number of rotatable bonds is 4. The van der Waals surface area contributed by atoms with Crippen LogP contribution in [0.25, 0.3) is 6.08 Å². The monoisotopic (exact) mass is 275 g/mol. The van der Waals surface area contributed by atoms with Crippen LogP contribution < -0.4 is 5.32 Å². The minimum atomic E-state index is -0.575. The van der Waals surface area contributed by atoms with Crippen LogP contribution in [0.1, 0.15) is 29.3 Å². The number of carbonyl (C=O) groups excluding carboxylic acids is 3. The van der Waals surface area contributed by atoms with E-state index in [0.29, 0.717) is 11.3 Å². The van der Waals surface area contributed by atoms with E-state index in [1.165, 1.54) is 11.8 Å². The Kier molecular flexibility index (Phi) is 4.16. The molecule has 5 heteroatoms. The number of hydrogen-bond acceptors (Lipinski definition) is 4. The summed E-state index contributed by atoms with van der Waals surface area (Å²) in [6.45, 7) is 1.55. The van der Waals surface area contributed by atoms with Gasteiger partial charge in [0.2, 0.25) is 0 Å². The SMILES string of the molecule is CC(=O)SCCC=Cc1ccc2c(c1)NC(=O)C2=O. The zero-order valence-corrected chi connectivity index (χ0v) is 11.3. The summed E-state index contributed by atoms with van der Waals surface area (Å²) in [5.74, 6) is -0.302. The first-order valence-electron chi connectivity index (χ1n) is 5.87. The Morgan fingerprint density at radius 2 is 2.16 bits per heavy atom. The normalized spacial score (nSPS) is 13.7. The zero-order valence-electron chi connectivity index (χ0n) is 10.4. The summed E-state index contributed by atoms with van der Waals surface area (Å²) in [5.41, 5.74) is 1.91. The Morgan fingerprint density at radius 1 is 1.37 bits per heavy atom. The maximum Gasteiger partial charge on any atom is 0.296 e. The van der Waals surface area contributed by atoms with Crippen molar-refractivity contribution in [3.05, 3.63) is 35.4 Å². The van der Waals surface area contributed by atoms with Crippen molar-refractivity contribution in [2.75, 3.05) is 11.1 Å². The number of allylic oxidation sites excluding steroid dienone is 1. The fraction of sp³-hybridized carbons (Fsp3) is 0.214. The molecule has 0 aliphatic carbocycles. The van der Waals surface area contributed by atoms with E-state index in [2.05, 4.69) is 5.32 Å². The Morgan fingerprint density at radius 3 is 2.89 bits per heavy atom. The molecule has 1 aromatic rings. The molecule has 0 bridgehead atoms. The minimum absolute atomic E-state index is 0.118. The van der Waals surface area contributed by atoms with Gasteiger partial charge in [-0.2, -0.15) is 0 Å². The van der Waals surface area contributed by atoms with Crippen molar-refractivity contribution in [1.82, 2.24) is 0 Å². The number of fused-ring (bicyclic) bond motifs is 1. The standard InChI is InChI=1S/C14H13NO3S/c1-9(16)19-7-3-2-4-10-5-6-11-12(8-10)15-14(18)13(11)17/h2,4-6,8H,3,7H2,1H3,(H,15,17,18). The molecule has 0 unspecified atom stereocenters. The fourth-order valence-corrected chi connectivity index (χ4v) is 2.30. The Hall–Kier alpha value is -1.88. The van der Waals surface area contributed by atoms with Gasteiger partial charge in [-0.05, 0) is 24.1 Å². The summed E-state index contributed by atoms with van der Waals surface area (Å²) in [6, 6.07) is 5.22. The molecule has 0 aromatic heterocycles. The van der Waals surface area contributed by atoms with Crippen LogP contribution >= 0.6 is 11.8 Å². The van der Waals surface area contributed by atoms with Gasteiger partial charge < -0.3 is 5.32 Å². The van der Waals surface area contributed by atoms with E-state index in [9.17, 15) is 14.4 Å². The first kappa shape index (κ1) is 13.5. The second kappa shape index (κ2) is 5.84. The van der Waals surface area contributed by atoms with Crippen molar-refractivity contribution in [2.24, 2.45) is 0 Å². The van der Waals surface area contributed by atoms with E-state index < -0.39 is 11.7 Å². The van der Waals surface area contributed by atoms with E-state index >= 15 is 0 Å². The molecule has 1 N–H and O–H groups in total. The molecule has 19 heavy (non-hydrogen) atoms. The molecule has 1 amide bonds. The lowest BCUT2D eigenvalue weighted by Crippen LogP contribution is -2.12. The third-order valence-electron chi connectivity index (χ3n) is 2.64. The average Bonchev–Trinajstić information content (AvgIpc) is 2.64. The highest BCUT2D eigenvalue weighted by Gasteiger charge is 2.27. The molecule has 0 radical (unpaired) electrons. The maximum absolute atomic E-state index is 11.4. The lowest BCUT2D eigenvalue weighted by Gasteiger charge is -1.99. The topological polar surface area (TPSA) is 63.2 Å². The summed E-state index contributed by atoms with van der Waals surface area (Å²) >= 11 is 1.30. The largest absolute Gasteiger partial charge is 0.318 e. The van der Waals surface area contributed by atoms with Gasteiger partial charge in [0.15, 0.2) is 5.12 Å². The summed E-state index contributed by atoms with van der Waals surface area (Å²) < 4.78 is 0. The molecule has 0 fully saturated rings. The number of ketones is 1. The molecule has 1 heterocycles. The third kappa shape index (κ3) is 3.32. The second-order valence-corrected chi connectivity index (χ2v) is 5.39. The first-order chi connectivity index (χ1) is 9.08. The molecule has 4 nitrogen and oxygen atoms in total. The predicted octanol–water partition coefficient (Wildman–Crippen LogP) is 2.50. The van der Waals surface area contributed by atoms with Crippen molar-refractivity contribution in [1.29, 1.82) is 0 Å². The molecule has 1 aliphatic rings. The van der Waals surface area contributed by atoms with Crippen molar-refractivity contribution in [3.63, 3.8) is 0 Å².